The van der Waals surface area contributed by atoms with Gasteiger partial charge in [0, 0.05) is 15.7 Å². The number of hydrogen-bond acceptors (Lipinski definition) is 1. The zero-order valence-electron chi connectivity index (χ0n) is 8.48. The van der Waals surface area contributed by atoms with Crippen LogP contribution < -0.4 is 5.32 Å². The molecule has 0 radical (unpaired) electrons. The van der Waals surface area contributed by atoms with E-state index in [2.05, 4.69) is 21.2 Å². The van der Waals surface area contributed by atoms with Crippen molar-refractivity contribution >= 4 is 28.0 Å². The molecule has 3 heteroatoms. The monoisotopic (exact) mass is 275 g/mol. The fraction of sp³-hybridized carbons (Fsp3) is 0. The summed E-state index contributed by atoms with van der Waals surface area (Å²) in [7, 11) is 0. The topological polar surface area (TPSA) is 29.1 Å². The number of hydrogen-bond donors (Lipinski definition) is 1. The number of nitrogens with one attached hydrogen (secondary N) is 1. The molecule has 0 saturated carbocycles. The lowest BCUT2D eigenvalue weighted by atomic mass is 10.0. The Bertz CT molecular complexity index is 511. The van der Waals surface area contributed by atoms with Crippen LogP contribution in [0.25, 0.3) is 11.1 Å². The van der Waals surface area contributed by atoms with E-state index in [-0.39, 0.29) is 0 Å². The third-order valence-electron chi connectivity index (χ3n) is 2.28. The first-order valence-electron chi connectivity index (χ1n) is 4.86. The summed E-state index contributed by atoms with van der Waals surface area (Å²) in [5.41, 5.74) is 2.89. The second-order valence-electron chi connectivity index (χ2n) is 3.32. The van der Waals surface area contributed by atoms with Crippen LogP contribution in [0.1, 0.15) is 0 Å². The number of amides is 1. The van der Waals surface area contributed by atoms with Crippen molar-refractivity contribution in [1.82, 2.24) is 0 Å². The molecule has 0 aliphatic carbocycles. The van der Waals surface area contributed by atoms with E-state index < -0.39 is 0 Å². The van der Waals surface area contributed by atoms with Gasteiger partial charge in [-0.1, -0.05) is 46.3 Å². The van der Waals surface area contributed by atoms with Crippen molar-refractivity contribution in [3.05, 3.63) is 53.0 Å². The molecule has 0 aliphatic rings. The molecule has 2 nitrogen and oxygen atoms in total. The van der Waals surface area contributed by atoms with Crippen molar-refractivity contribution in [3.8, 4) is 11.1 Å². The lowest BCUT2D eigenvalue weighted by Gasteiger charge is -2.08. The Hall–Kier alpha value is -1.61. The average Bonchev–Trinajstić information content (AvgIpc) is 2.30. The van der Waals surface area contributed by atoms with Crippen LogP contribution in [0.15, 0.2) is 53.0 Å². The van der Waals surface area contributed by atoms with Crippen molar-refractivity contribution in [2.75, 3.05) is 5.32 Å². The van der Waals surface area contributed by atoms with Crippen LogP contribution in [-0.2, 0) is 4.79 Å². The third-order valence-corrected chi connectivity index (χ3v) is 2.77. The number of carbonyl (C=O) groups is 1. The van der Waals surface area contributed by atoms with Gasteiger partial charge < -0.3 is 5.32 Å². The Morgan fingerprint density at radius 1 is 1.06 bits per heavy atom. The maximum absolute atomic E-state index is 10.5. The molecule has 2 aromatic rings. The van der Waals surface area contributed by atoms with E-state index in [1.807, 2.05) is 48.5 Å². The molecule has 80 valence electrons. The highest BCUT2D eigenvalue weighted by Crippen LogP contribution is 2.29. The van der Waals surface area contributed by atoms with E-state index in [0.29, 0.717) is 6.41 Å². The number of benzene rings is 2. The number of halogens is 1. The molecule has 0 unspecified atom stereocenters. The smallest absolute Gasteiger partial charge is 0.211 e. The lowest BCUT2D eigenvalue weighted by Crippen LogP contribution is -1.95. The van der Waals surface area contributed by atoms with Gasteiger partial charge in [-0.3, -0.25) is 4.79 Å². The predicted molar refractivity (Wildman–Crippen MR) is 69.3 cm³/mol. The summed E-state index contributed by atoms with van der Waals surface area (Å²) in [6.07, 6.45) is 0.691. The van der Waals surface area contributed by atoms with E-state index in [1.165, 1.54) is 0 Å². The van der Waals surface area contributed by atoms with Gasteiger partial charge in [-0.05, 0) is 23.8 Å². The van der Waals surface area contributed by atoms with Crippen molar-refractivity contribution < 1.29 is 4.79 Å². The van der Waals surface area contributed by atoms with Crippen LogP contribution in [0, 0.1) is 0 Å². The molecule has 0 atom stereocenters. The summed E-state index contributed by atoms with van der Waals surface area (Å²) in [6.45, 7) is 0. The Morgan fingerprint density at radius 2 is 1.88 bits per heavy atom. The highest BCUT2D eigenvalue weighted by Gasteiger charge is 2.03. The Kier molecular flexibility index (Phi) is 3.37. The number of carbonyl (C=O) groups excluding carboxylic acids is 1. The van der Waals surface area contributed by atoms with Crippen LogP contribution in [0.3, 0.4) is 0 Å². The molecule has 16 heavy (non-hydrogen) atoms. The summed E-state index contributed by atoms with van der Waals surface area (Å²) in [5, 5.41) is 2.70. The van der Waals surface area contributed by atoms with E-state index in [1.54, 1.807) is 0 Å². The maximum atomic E-state index is 10.5. The fourth-order valence-corrected chi connectivity index (χ4v) is 1.98. The van der Waals surface area contributed by atoms with Crippen LogP contribution in [-0.4, -0.2) is 6.41 Å². The first-order valence-corrected chi connectivity index (χ1v) is 5.66. The molecule has 0 saturated heterocycles. The van der Waals surface area contributed by atoms with Gasteiger partial charge >= 0.3 is 0 Å². The fourth-order valence-electron chi connectivity index (χ4n) is 1.58. The van der Waals surface area contributed by atoms with Crippen LogP contribution in [0.4, 0.5) is 5.69 Å². The van der Waals surface area contributed by atoms with E-state index in [4.69, 9.17) is 0 Å². The van der Waals surface area contributed by atoms with Gasteiger partial charge in [0.2, 0.25) is 6.41 Å². The molecule has 1 amide bonds. The van der Waals surface area contributed by atoms with Gasteiger partial charge in [0.25, 0.3) is 0 Å². The Morgan fingerprint density at radius 3 is 2.62 bits per heavy atom. The van der Waals surface area contributed by atoms with Crippen LogP contribution >= 0.6 is 15.9 Å². The summed E-state index contributed by atoms with van der Waals surface area (Å²) in [5.74, 6) is 0. The summed E-state index contributed by atoms with van der Waals surface area (Å²) in [6, 6.07) is 15.7. The Labute approximate surface area is 102 Å². The molecule has 2 rings (SSSR count). The first kappa shape index (κ1) is 10.9. The van der Waals surface area contributed by atoms with Crippen molar-refractivity contribution in [2.24, 2.45) is 0 Å². The average molecular weight is 276 g/mol. The molecule has 1 N–H and O–H groups in total. The number of rotatable bonds is 3. The number of para-hydroxylation sites is 1. The Balaban J connectivity index is 2.50. The predicted octanol–water partition coefficient (Wildman–Crippen LogP) is 3.68. The van der Waals surface area contributed by atoms with Gasteiger partial charge in [-0.25, -0.2) is 0 Å². The zero-order chi connectivity index (χ0) is 11.4. The van der Waals surface area contributed by atoms with Gasteiger partial charge in [0.05, 0.1) is 0 Å². The van der Waals surface area contributed by atoms with Crippen LogP contribution in [0.5, 0.6) is 0 Å². The minimum absolute atomic E-state index is 0.691. The molecular weight excluding hydrogens is 266 g/mol. The quantitative estimate of drug-likeness (QED) is 0.851. The maximum Gasteiger partial charge on any atom is 0.211 e. The second-order valence-corrected chi connectivity index (χ2v) is 4.23. The minimum atomic E-state index is 0.691. The largest absolute Gasteiger partial charge is 0.328 e. The summed E-state index contributed by atoms with van der Waals surface area (Å²) in [4.78, 5) is 10.5. The second kappa shape index (κ2) is 4.94. The number of anilines is 1. The molecule has 0 aliphatic heterocycles. The lowest BCUT2D eigenvalue weighted by molar-refractivity contribution is -0.105. The zero-order valence-corrected chi connectivity index (χ0v) is 10.1. The van der Waals surface area contributed by atoms with E-state index in [9.17, 15) is 4.79 Å². The molecule has 2 aromatic carbocycles. The first-order chi connectivity index (χ1) is 7.81. The highest BCUT2D eigenvalue weighted by molar-refractivity contribution is 9.10. The highest BCUT2D eigenvalue weighted by atomic mass is 79.9. The molecule has 0 spiro atoms. The van der Waals surface area contributed by atoms with Gasteiger partial charge in [0.15, 0.2) is 0 Å². The molecule has 0 bridgehead atoms. The van der Waals surface area contributed by atoms with Crippen molar-refractivity contribution in [2.45, 2.75) is 0 Å². The minimum Gasteiger partial charge on any atom is -0.328 e. The summed E-state index contributed by atoms with van der Waals surface area (Å²) < 4.78 is 1.02. The SMILES string of the molecule is O=CNc1ccccc1-c1cccc(Br)c1. The van der Waals surface area contributed by atoms with Crippen molar-refractivity contribution in [1.29, 1.82) is 0 Å². The molecule has 0 heterocycles. The normalized spacial score (nSPS) is 9.81. The standard InChI is InChI=1S/C13H10BrNO/c14-11-5-3-4-10(8-11)12-6-1-2-7-13(12)15-9-16/h1-9H,(H,15,16). The van der Waals surface area contributed by atoms with Gasteiger partial charge in [-0.2, -0.15) is 0 Å². The molecular formula is C13H10BrNO. The van der Waals surface area contributed by atoms with Gasteiger partial charge in [0.1, 0.15) is 0 Å². The van der Waals surface area contributed by atoms with Crippen molar-refractivity contribution in [3.63, 3.8) is 0 Å². The third kappa shape index (κ3) is 2.31. The summed E-state index contributed by atoms with van der Waals surface area (Å²) >= 11 is 3.43. The van der Waals surface area contributed by atoms with Crippen LogP contribution in [0.2, 0.25) is 0 Å². The van der Waals surface area contributed by atoms with Gasteiger partial charge in [-0.15, -0.1) is 0 Å². The molecule has 0 fully saturated rings. The van der Waals surface area contributed by atoms with E-state index in [0.717, 1.165) is 21.3 Å². The molecule has 0 aromatic heterocycles. The van der Waals surface area contributed by atoms with E-state index >= 15 is 0 Å².